The van der Waals surface area contributed by atoms with Crippen LogP contribution in [0.3, 0.4) is 0 Å². The number of carbonyl (C=O) groups excluding carboxylic acids is 1. The Morgan fingerprint density at radius 3 is 2.57 bits per heavy atom. The lowest BCUT2D eigenvalue weighted by Gasteiger charge is -2.13. The molecule has 1 aromatic heterocycles. The molecule has 0 unspecified atom stereocenters. The number of carbonyl (C=O) groups is 1. The van der Waals surface area contributed by atoms with E-state index in [1.807, 2.05) is 61.5 Å². The third-order valence-electron chi connectivity index (χ3n) is 3.58. The van der Waals surface area contributed by atoms with Crippen LogP contribution in [-0.4, -0.2) is 30.0 Å². The summed E-state index contributed by atoms with van der Waals surface area (Å²) in [6.07, 6.45) is 3.41. The van der Waals surface area contributed by atoms with E-state index in [4.69, 9.17) is 0 Å². The SMILES string of the molecule is CN(C)c1cccc(C(=O)Nc2ccc(-c3cnc[nH]3)cc2)c1. The molecule has 0 aliphatic carbocycles. The van der Waals surface area contributed by atoms with E-state index in [9.17, 15) is 4.79 Å². The van der Waals surface area contributed by atoms with Crippen molar-refractivity contribution in [3.63, 3.8) is 0 Å². The number of imidazole rings is 1. The molecule has 0 atom stereocenters. The van der Waals surface area contributed by atoms with E-state index in [1.165, 1.54) is 0 Å². The highest BCUT2D eigenvalue weighted by atomic mass is 16.1. The number of nitrogens with one attached hydrogen (secondary N) is 2. The maximum atomic E-state index is 12.4. The molecule has 0 radical (unpaired) electrons. The summed E-state index contributed by atoms with van der Waals surface area (Å²) >= 11 is 0. The molecule has 0 aliphatic rings. The molecule has 0 bridgehead atoms. The third-order valence-corrected chi connectivity index (χ3v) is 3.58. The van der Waals surface area contributed by atoms with Gasteiger partial charge in [0.1, 0.15) is 0 Å². The first kappa shape index (κ1) is 14.8. The Labute approximate surface area is 135 Å². The number of H-pyrrole nitrogens is 1. The zero-order valence-corrected chi connectivity index (χ0v) is 13.1. The number of anilines is 2. The zero-order valence-electron chi connectivity index (χ0n) is 13.1. The quantitative estimate of drug-likeness (QED) is 0.776. The summed E-state index contributed by atoms with van der Waals surface area (Å²) in [6.45, 7) is 0. The fraction of sp³-hybridized carbons (Fsp3) is 0.111. The van der Waals surface area contributed by atoms with Gasteiger partial charge in [-0.25, -0.2) is 4.98 Å². The van der Waals surface area contributed by atoms with Crippen LogP contribution < -0.4 is 10.2 Å². The third kappa shape index (κ3) is 3.40. The van der Waals surface area contributed by atoms with Crippen LogP contribution in [-0.2, 0) is 0 Å². The lowest BCUT2D eigenvalue weighted by atomic mass is 10.1. The van der Waals surface area contributed by atoms with Gasteiger partial charge in [0.05, 0.1) is 18.2 Å². The van der Waals surface area contributed by atoms with Gasteiger partial charge in [0.2, 0.25) is 0 Å². The molecule has 5 nitrogen and oxygen atoms in total. The first-order chi connectivity index (χ1) is 11.1. The Bertz CT molecular complexity index is 792. The highest BCUT2D eigenvalue weighted by Crippen LogP contribution is 2.20. The minimum Gasteiger partial charge on any atom is -0.378 e. The van der Waals surface area contributed by atoms with E-state index in [0.29, 0.717) is 5.56 Å². The van der Waals surface area contributed by atoms with Crippen LogP contribution in [0.1, 0.15) is 10.4 Å². The van der Waals surface area contributed by atoms with Gasteiger partial charge in [0, 0.05) is 31.0 Å². The number of nitrogens with zero attached hydrogens (tertiary/aromatic N) is 2. The van der Waals surface area contributed by atoms with E-state index in [1.54, 1.807) is 18.6 Å². The van der Waals surface area contributed by atoms with Crippen LogP contribution in [0.5, 0.6) is 0 Å². The first-order valence-corrected chi connectivity index (χ1v) is 7.31. The second-order valence-corrected chi connectivity index (χ2v) is 5.44. The number of rotatable bonds is 4. The molecule has 0 spiro atoms. The summed E-state index contributed by atoms with van der Waals surface area (Å²) in [5.74, 6) is -0.122. The standard InChI is InChI=1S/C18H18N4O/c1-22(2)16-5-3-4-14(10-16)18(23)21-15-8-6-13(7-9-15)17-11-19-12-20-17/h3-12H,1-2H3,(H,19,20)(H,21,23). The van der Waals surface area contributed by atoms with Gasteiger partial charge in [-0.15, -0.1) is 0 Å². The van der Waals surface area contributed by atoms with Crippen LogP contribution >= 0.6 is 0 Å². The van der Waals surface area contributed by atoms with Crippen LogP contribution in [0, 0.1) is 0 Å². The molecular formula is C18H18N4O. The van der Waals surface area contributed by atoms with E-state index in [-0.39, 0.29) is 5.91 Å². The number of hydrogen-bond acceptors (Lipinski definition) is 3. The summed E-state index contributed by atoms with van der Waals surface area (Å²) in [5.41, 5.74) is 4.35. The van der Waals surface area contributed by atoms with Crippen LogP contribution in [0.2, 0.25) is 0 Å². The predicted molar refractivity (Wildman–Crippen MR) is 92.7 cm³/mol. The molecule has 5 heteroatoms. The van der Waals surface area contributed by atoms with E-state index < -0.39 is 0 Å². The number of aromatic amines is 1. The molecule has 2 aromatic carbocycles. The lowest BCUT2D eigenvalue weighted by molar-refractivity contribution is 0.102. The molecular weight excluding hydrogens is 288 g/mol. The largest absolute Gasteiger partial charge is 0.378 e. The fourth-order valence-corrected chi connectivity index (χ4v) is 2.28. The van der Waals surface area contributed by atoms with E-state index in [0.717, 1.165) is 22.6 Å². The number of benzene rings is 2. The van der Waals surface area contributed by atoms with Crippen molar-refractivity contribution in [3.05, 3.63) is 66.6 Å². The van der Waals surface area contributed by atoms with Gasteiger partial charge >= 0.3 is 0 Å². The van der Waals surface area contributed by atoms with Crippen molar-refractivity contribution in [1.82, 2.24) is 9.97 Å². The van der Waals surface area contributed by atoms with Crippen LogP contribution in [0.15, 0.2) is 61.1 Å². The van der Waals surface area contributed by atoms with Gasteiger partial charge < -0.3 is 15.2 Å². The van der Waals surface area contributed by atoms with Gasteiger partial charge in [-0.05, 0) is 35.9 Å². The summed E-state index contributed by atoms with van der Waals surface area (Å²) in [5, 5.41) is 2.91. The molecule has 3 rings (SSSR count). The molecule has 0 saturated heterocycles. The molecule has 116 valence electrons. The molecule has 0 saturated carbocycles. The fourth-order valence-electron chi connectivity index (χ4n) is 2.28. The first-order valence-electron chi connectivity index (χ1n) is 7.31. The van der Waals surface area contributed by atoms with Crippen molar-refractivity contribution in [3.8, 4) is 11.3 Å². The topological polar surface area (TPSA) is 61.0 Å². The molecule has 3 aromatic rings. The second kappa shape index (κ2) is 6.36. The van der Waals surface area contributed by atoms with E-state index >= 15 is 0 Å². The average Bonchev–Trinajstić information content (AvgIpc) is 3.10. The highest BCUT2D eigenvalue weighted by molar-refractivity contribution is 6.04. The molecule has 0 aliphatic heterocycles. The monoisotopic (exact) mass is 306 g/mol. The predicted octanol–water partition coefficient (Wildman–Crippen LogP) is 3.40. The summed E-state index contributed by atoms with van der Waals surface area (Å²) in [4.78, 5) is 21.4. The minimum absolute atomic E-state index is 0.122. The maximum Gasteiger partial charge on any atom is 0.255 e. The molecule has 0 fully saturated rings. The zero-order chi connectivity index (χ0) is 16.2. The number of hydrogen-bond donors (Lipinski definition) is 2. The van der Waals surface area contributed by atoms with Crippen molar-refractivity contribution >= 4 is 17.3 Å². The van der Waals surface area contributed by atoms with Gasteiger partial charge in [-0.2, -0.15) is 0 Å². The van der Waals surface area contributed by atoms with Crippen molar-refractivity contribution in [2.75, 3.05) is 24.3 Å². The highest BCUT2D eigenvalue weighted by Gasteiger charge is 2.08. The lowest BCUT2D eigenvalue weighted by Crippen LogP contribution is -2.14. The number of aromatic nitrogens is 2. The molecule has 1 amide bonds. The smallest absolute Gasteiger partial charge is 0.255 e. The maximum absolute atomic E-state index is 12.4. The van der Waals surface area contributed by atoms with Gasteiger partial charge in [0.15, 0.2) is 0 Å². The van der Waals surface area contributed by atoms with Crippen LogP contribution in [0.4, 0.5) is 11.4 Å². The van der Waals surface area contributed by atoms with Crippen molar-refractivity contribution < 1.29 is 4.79 Å². The van der Waals surface area contributed by atoms with Gasteiger partial charge in [-0.1, -0.05) is 18.2 Å². The Balaban J connectivity index is 1.74. The van der Waals surface area contributed by atoms with Crippen molar-refractivity contribution in [2.24, 2.45) is 0 Å². The Morgan fingerprint density at radius 2 is 1.91 bits per heavy atom. The van der Waals surface area contributed by atoms with Gasteiger partial charge in [-0.3, -0.25) is 4.79 Å². The van der Waals surface area contributed by atoms with E-state index in [2.05, 4.69) is 15.3 Å². The molecule has 2 N–H and O–H groups in total. The number of amides is 1. The van der Waals surface area contributed by atoms with Crippen molar-refractivity contribution in [2.45, 2.75) is 0 Å². The van der Waals surface area contributed by atoms with Gasteiger partial charge in [0.25, 0.3) is 5.91 Å². The minimum atomic E-state index is -0.122. The molecule has 23 heavy (non-hydrogen) atoms. The summed E-state index contributed by atoms with van der Waals surface area (Å²) in [7, 11) is 3.90. The second-order valence-electron chi connectivity index (χ2n) is 5.44. The Morgan fingerprint density at radius 1 is 1.13 bits per heavy atom. The Hall–Kier alpha value is -3.08. The average molecular weight is 306 g/mol. The summed E-state index contributed by atoms with van der Waals surface area (Å²) < 4.78 is 0. The Kier molecular flexibility index (Phi) is 4.10. The van der Waals surface area contributed by atoms with Crippen molar-refractivity contribution in [1.29, 1.82) is 0 Å². The summed E-state index contributed by atoms with van der Waals surface area (Å²) in [6, 6.07) is 15.2. The molecule has 1 heterocycles. The van der Waals surface area contributed by atoms with Crippen LogP contribution in [0.25, 0.3) is 11.3 Å². The normalized spacial score (nSPS) is 10.3.